The number of nitrogens with one attached hydrogen (secondary N) is 1. The Kier molecular flexibility index (Phi) is 3.47. The van der Waals surface area contributed by atoms with Crippen LogP contribution in [0.4, 0.5) is 10.1 Å². The second-order valence-corrected chi connectivity index (χ2v) is 5.77. The second kappa shape index (κ2) is 5.65. The Morgan fingerprint density at radius 2 is 1.75 bits per heavy atom. The van der Waals surface area contributed by atoms with Crippen LogP contribution in [0.5, 0.6) is 0 Å². The lowest BCUT2D eigenvalue weighted by Gasteiger charge is -2.07. The van der Waals surface area contributed by atoms with Crippen molar-refractivity contribution in [3.63, 3.8) is 0 Å². The van der Waals surface area contributed by atoms with Crippen molar-refractivity contribution >= 4 is 45.1 Å². The largest absolute Gasteiger partial charge is 0.456 e. The van der Waals surface area contributed by atoms with Crippen LogP contribution < -0.4 is 5.32 Å². The Bertz CT molecular complexity index is 1070. The molecular weight excluding hydrogens is 329 g/mol. The molecule has 0 spiro atoms. The fourth-order valence-corrected chi connectivity index (χ4v) is 2.96. The molecule has 0 aliphatic rings. The summed E-state index contributed by atoms with van der Waals surface area (Å²) in [6, 6.07) is 17.1. The van der Waals surface area contributed by atoms with Crippen molar-refractivity contribution in [3.8, 4) is 0 Å². The zero-order valence-electron chi connectivity index (χ0n) is 12.3. The summed E-state index contributed by atoms with van der Waals surface area (Å²) >= 11 is 5.93. The number of halogens is 2. The number of fused-ring (bicyclic) bond motifs is 3. The maximum atomic E-state index is 13.9. The molecule has 0 aliphatic heterocycles. The minimum Gasteiger partial charge on any atom is -0.456 e. The van der Waals surface area contributed by atoms with E-state index in [4.69, 9.17) is 16.0 Å². The van der Waals surface area contributed by atoms with E-state index in [0.717, 1.165) is 21.9 Å². The molecule has 0 saturated heterocycles. The summed E-state index contributed by atoms with van der Waals surface area (Å²) in [7, 11) is 0. The van der Waals surface area contributed by atoms with Crippen LogP contribution in [-0.2, 0) is 0 Å². The molecule has 0 unspecified atom stereocenters. The lowest BCUT2D eigenvalue weighted by molar-refractivity contribution is 0.102. The van der Waals surface area contributed by atoms with Gasteiger partial charge in [0.1, 0.15) is 17.0 Å². The third-order valence-corrected chi connectivity index (χ3v) is 4.14. The molecule has 1 N–H and O–H groups in total. The van der Waals surface area contributed by atoms with Crippen molar-refractivity contribution in [1.29, 1.82) is 0 Å². The van der Waals surface area contributed by atoms with E-state index in [-0.39, 0.29) is 10.6 Å². The minimum atomic E-state index is -0.658. The topological polar surface area (TPSA) is 42.2 Å². The highest BCUT2D eigenvalue weighted by Crippen LogP contribution is 2.31. The van der Waals surface area contributed by atoms with Gasteiger partial charge in [0.05, 0.1) is 10.6 Å². The smallest absolute Gasteiger partial charge is 0.260 e. The Hall–Kier alpha value is -2.85. The van der Waals surface area contributed by atoms with Crippen LogP contribution in [0.3, 0.4) is 0 Å². The van der Waals surface area contributed by atoms with Crippen molar-refractivity contribution in [1.82, 2.24) is 0 Å². The first-order valence-corrected chi connectivity index (χ1v) is 7.68. The quantitative estimate of drug-likeness (QED) is 0.514. The first kappa shape index (κ1) is 14.7. The first-order chi connectivity index (χ1) is 11.6. The van der Waals surface area contributed by atoms with Gasteiger partial charge in [0.25, 0.3) is 5.91 Å². The van der Waals surface area contributed by atoms with Crippen LogP contribution in [0.2, 0.25) is 5.02 Å². The van der Waals surface area contributed by atoms with Gasteiger partial charge < -0.3 is 9.73 Å². The van der Waals surface area contributed by atoms with E-state index in [9.17, 15) is 9.18 Å². The van der Waals surface area contributed by atoms with Gasteiger partial charge in [0.2, 0.25) is 0 Å². The number of carbonyl (C=O) groups is 1. The van der Waals surface area contributed by atoms with Gasteiger partial charge in [-0.05, 0) is 36.4 Å². The monoisotopic (exact) mass is 339 g/mol. The zero-order valence-corrected chi connectivity index (χ0v) is 13.1. The van der Waals surface area contributed by atoms with E-state index in [0.29, 0.717) is 5.69 Å². The molecule has 0 bridgehead atoms. The molecule has 3 nitrogen and oxygen atoms in total. The lowest BCUT2D eigenvalue weighted by atomic mass is 10.1. The molecule has 5 heteroatoms. The van der Waals surface area contributed by atoms with Crippen LogP contribution in [0.25, 0.3) is 21.9 Å². The number of hydrogen-bond donors (Lipinski definition) is 1. The number of furan rings is 1. The van der Waals surface area contributed by atoms with Gasteiger partial charge in [-0.25, -0.2) is 4.39 Å². The second-order valence-electron chi connectivity index (χ2n) is 5.36. The average molecular weight is 340 g/mol. The maximum Gasteiger partial charge on any atom is 0.260 e. The molecule has 118 valence electrons. The number of anilines is 1. The van der Waals surface area contributed by atoms with Crippen LogP contribution in [0.1, 0.15) is 10.4 Å². The molecule has 0 saturated carbocycles. The van der Waals surface area contributed by atoms with Gasteiger partial charge in [-0.15, -0.1) is 0 Å². The first-order valence-electron chi connectivity index (χ1n) is 7.30. The zero-order chi connectivity index (χ0) is 16.7. The Labute approximate surface area is 141 Å². The third-order valence-electron chi connectivity index (χ3n) is 3.82. The van der Waals surface area contributed by atoms with Gasteiger partial charge in [-0.3, -0.25) is 4.79 Å². The minimum absolute atomic E-state index is 0.0716. The fourth-order valence-electron chi connectivity index (χ4n) is 2.71. The van der Waals surface area contributed by atoms with E-state index in [1.54, 1.807) is 18.2 Å². The molecule has 0 fully saturated rings. The predicted octanol–water partition coefficient (Wildman–Crippen LogP) is 5.63. The fraction of sp³-hybridized carbons (Fsp3) is 0. The van der Waals surface area contributed by atoms with Gasteiger partial charge >= 0.3 is 0 Å². The molecule has 0 aliphatic carbocycles. The molecule has 0 atom stereocenters. The summed E-state index contributed by atoms with van der Waals surface area (Å²) in [5.41, 5.74) is 1.86. The van der Waals surface area contributed by atoms with E-state index in [2.05, 4.69) is 5.32 Å². The standard InChI is InChI=1S/C19H11ClFNO2/c20-14-5-3-6-15(21)18(14)19(23)22-11-8-9-17-13(10-11)12-4-1-2-7-16(12)24-17/h1-10H,(H,22,23). The highest BCUT2D eigenvalue weighted by molar-refractivity contribution is 6.34. The molecule has 4 aromatic rings. The number of para-hydroxylation sites is 1. The Morgan fingerprint density at radius 1 is 0.958 bits per heavy atom. The molecule has 1 heterocycles. The molecule has 24 heavy (non-hydrogen) atoms. The summed E-state index contributed by atoms with van der Waals surface area (Å²) in [6.07, 6.45) is 0. The number of rotatable bonds is 2. The molecule has 1 amide bonds. The average Bonchev–Trinajstić information content (AvgIpc) is 2.93. The van der Waals surface area contributed by atoms with E-state index in [1.807, 2.05) is 24.3 Å². The summed E-state index contributed by atoms with van der Waals surface area (Å²) in [4.78, 5) is 12.3. The lowest BCUT2D eigenvalue weighted by Crippen LogP contribution is -2.14. The Morgan fingerprint density at radius 3 is 2.58 bits per heavy atom. The molecule has 1 aromatic heterocycles. The van der Waals surface area contributed by atoms with Crippen molar-refractivity contribution in [2.45, 2.75) is 0 Å². The van der Waals surface area contributed by atoms with E-state index in [1.165, 1.54) is 18.2 Å². The van der Waals surface area contributed by atoms with Gasteiger partial charge in [0, 0.05) is 16.5 Å². The number of hydrogen-bond acceptors (Lipinski definition) is 2. The maximum absolute atomic E-state index is 13.9. The van der Waals surface area contributed by atoms with Crippen molar-refractivity contribution in [2.75, 3.05) is 5.32 Å². The van der Waals surface area contributed by atoms with Gasteiger partial charge in [-0.2, -0.15) is 0 Å². The van der Waals surface area contributed by atoms with Crippen molar-refractivity contribution < 1.29 is 13.6 Å². The van der Waals surface area contributed by atoms with E-state index >= 15 is 0 Å². The predicted molar refractivity (Wildman–Crippen MR) is 93.1 cm³/mol. The molecule has 3 aromatic carbocycles. The van der Waals surface area contributed by atoms with Crippen LogP contribution in [0, 0.1) is 5.82 Å². The number of carbonyl (C=O) groups excluding carboxylic acids is 1. The van der Waals surface area contributed by atoms with Crippen molar-refractivity contribution in [3.05, 3.63) is 77.1 Å². The number of amides is 1. The van der Waals surface area contributed by atoms with Gasteiger partial charge in [0.15, 0.2) is 0 Å². The molecule has 0 radical (unpaired) electrons. The summed E-state index contributed by atoms with van der Waals surface area (Å²) in [5, 5.41) is 4.58. The van der Waals surface area contributed by atoms with Crippen molar-refractivity contribution in [2.24, 2.45) is 0 Å². The SMILES string of the molecule is O=C(Nc1ccc2oc3ccccc3c2c1)c1c(F)cccc1Cl. The Balaban J connectivity index is 1.74. The summed E-state index contributed by atoms with van der Waals surface area (Å²) in [6.45, 7) is 0. The van der Waals surface area contributed by atoms with E-state index < -0.39 is 11.7 Å². The van der Waals surface area contributed by atoms with Crippen LogP contribution in [-0.4, -0.2) is 5.91 Å². The van der Waals surface area contributed by atoms with Crippen LogP contribution >= 0.6 is 11.6 Å². The van der Waals surface area contributed by atoms with Crippen LogP contribution in [0.15, 0.2) is 65.1 Å². The highest BCUT2D eigenvalue weighted by Gasteiger charge is 2.16. The van der Waals surface area contributed by atoms with Gasteiger partial charge in [-0.1, -0.05) is 35.9 Å². The molecular formula is C19H11ClFNO2. The summed E-state index contributed by atoms with van der Waals surface area (Å²) in [5.74, 6) is -1.25. The summed E-state index contributed by atoms with van der Waals surface area (Å²) < 4.78 is 19.6. The molecule has 4 rings (SSSR count). The third kappa shape index (κ3) is 2.41. The number of benzene rings is 3. The highest BCUT2D eigenvalue weighted by atomic mass is 35.5. The normalized spacial score (nSPS) is 11.1.